The summed E-state index contributed by atoms with van der Waals surface area (Å²) in [6.45, 7) is 3.08. The molecule has 1 aromatic heterocycles. The van der Waals surface area contributed by atoms with Gasteiger partial charge in [0.1, 0.15) is 0 Å². The van der Waals surface area contributed by atoms with Crippen molar-refractivity contribution in [3.63, 3.8) is 0 Å². The summed E-state index contributed by atoms with van der Waals surface area (Å²) in [6.07, 6.45) is 4.71. The van der Waals surface area contributed by atoms with Crippen LogP contribution in [0.25, 0.3) is 0 Å². The van der Waals surface area contributed by atoms with E-state index in [2.05, 4.69) is 48.2 Å². The Labute approximate surface area is 120 Å². The van der Waals surface area contributed by atoms with Crippen LogP contribution in [0.4, 0.5) is 0 Å². The van der Waals surface area contributed by atoms with Crippen molar-refractivity contribution in [3.05, 3.63) is 59.5 Å². The van der Waals surface area contributed by atoms with Crippen LogP contribution in [0.15, 0.2) is 47.3 Å². The van der Waals surface area contributed by atoms with Gasteiger partial charge in [0.2, 0.25) is 0 Å². The molecule has 0 fully saturated rings. The number of hydrogen-bond donors (Lipinski definition) is 0. The molecular weight excluding hydrogens is 248 g/mol. The molecule has 106 valence electrons. The van der Waals surface area contributed by atoms with E-state index in [1.807, 2.05) is 12.3 Å². The topological polar surface area (TPSA) is 19.6 Å². The van der Waals surface area contributed by atoms with Gasteiger partial charge in [0.25, 0.3) is 0 Å². The van der Waals surface area contributed by atoms with Crippen LogP contribution in [0.5, 0.6) is 0 Å². The molecule has 0 N–H and O–H groups in total. The second-order valence-corrected chi connectivity index (χ2v) is 5.87. The molecule has 1 atom stereocenters. The molecule has 1 aromatic carbocycles. The Kier molecular flexibility index (Phi) is 3.90. The van der Waals surface area contributed by atoms with Gasteiger partial charge in [0.15, 0.2) is 0 Å². The molecule has 0 bridgehead atoms. The minimum absolute atomic E-state index is 0.585. The summed E-state index contributed by atoms with van der Waals surface area (Å²) >= 11 is 0. The van der Waals surface area contributed by atoms with Crippen LogP contribution in [0.1, 0.15) is 16.7 Å². The molecule has 20 heavy (non-hydrogen) atoms. The van der Waals surface area contributed by atoms with Gasteiger partial charge in [-0.2, -0.15) is 0 Å². The van der Waals surface area contributed by atoms with Crippen LogP contribution >= 0.6 is 0 Å². The van der Waals surface area contributed by atoms with E-state index < -0.39 is 0 Å². The van der Waals surface area contributed by atoms with Gasteiger partial charge in [0, 0.05) is 31.2 Å². The van der Waals surface area contributed by atoms with E-state index in [9.17, 15) is 0 Å². The Balaban J connectivity index is 1.63. The monoisotopic (exact) mass is 270 g/mol. The van der Waals surface area contributed by atoms with E-state index in [-0.39, 0.29) is 0 Å². The maximum absolute atomic E-state index is 5.14. The van der Waals surface area contributed by atoms with Crippen LogP contribution in [-0.2, 0) is 19.5 Å². The largest absolute Gasteiger partial charge is 0.472 e. The van der Waals surface area contributed by atoms with E-state index >= 15 is 0 Å². The molecule has 1 aliphatic rings. The average Bonchev–Trinajstić information content (AvgIpc) is 2.92. The quantitative estimate of drug-likeness (QED) is 0.851. The van der Waals surface area contributed by atoms with Gasteiger partial charge in [-0.15, -0.1) is 0 Å². The summed E-state index contributed by atoms with van der Waals surface area (Å²) in [5.74, 6) is 0. The fourth-order valence-corrected chi connectivity index (χ4v) is 3.04. The predicted molar refractivity (Wildman–Crippen MR) is 80.4 cm³/mol. The Morgan fingerprint density at radius 1 is 1.25 bits per heavy atom. The maximum atomic E-state index is 5.14. The highest BCUT2D eigenvalue weighted by Gasteiger charge is 2.23. The highest BCUT2D eigenvalue weighted by molar-refractivity contribution is 5.30. The Morgan fingerprint density at radius 3 is 2.80 bits per heavy atom. The molecule has 1 aliphatic heterocycles. The van der Waals surface area contributed by atoms with Crippen LogP contribution in [0.2, 0.25) is 0 Å². The van der Waals surface area contributed by atoms with Gasteiger partial charge in [-0.1, -0.05) is 24.3 Å². The van der Waals surface area contributed by atoms with Crippen molar-refractivity contribution in [3.8, 4) is 0 Å². The lowest BCUT2D eigenvalue weighted by atomic mass is 9.94. The standard InChI is InChI=1S/C17H22N2O/c1-18(10-14-7-8-20-13-14)12-17-9-15-5-3-4-6-16(15)11-19(17)2/h3-8,13,17H,9-12H2,1-2H3. The number of fused-ring (bicyclic) bond motifs is 1. The van der Waals surface area contributed by atoms with E-state index in [1.54, 1.807) is 6.26 Å². The molecule has 0 saturated heterocycles. The first-order valence-electron chi connectivity index (χ1n) is 7.19. The second kappa shape index (κ2) is 5.81. The minimum Gasteiger partial charge on any atom is -0.472 e. The number of rotatable bonds is 4. The van der Waals surface area contributed by atoms with Crippen molar-refractivity contribution in [1.29, 1.82) is 0 Å². The van der Waals surface area contributed by atoms with Gasteiger partial charge in [-0.3, -0.25) is 4.90 Å². The predicted octanol–water partition coefficient (Wildman–Crippen LogP) is 2.77. The van der Waals surface area contributed by atoms with E-state index in [1.165, 1.54) is 16.7 Å². The molecule has 2 heterocycles. The van der Waals surface area contributed by atoms with E-state index in [0.717, 1.165) is 26.1 Å². The van der Waals surface area contributed by atoms with Crippen molar-refractivity contribution in [2.75, 3.05) is 20.6 Å². The Hall–Kier alpha value is -1.58. The van der Waals surface area contributed by atoms with Gasteiger partial charge >= 0.3 is 0 Å². The molecule has 0 amide bonds. The lowest BCUT2D eigenvalue weighted by Gasteiger charge is -2.36. The number of hydrogen-bond acceptors (Lipinski definition) is 3. The van der Waals surface area contributed by atoms with Gasteiger partial charge in [0.05, 0.1) is 12.5 Å². The lowest BCUT2D eigenvalue weighted by Crippen LogP contribution is -2.44. The van der Waals surface area contributed by atoms with Crippen LogP contribution < -0.4 is 0 Å². The van der Waals surface area contributed by atoms with Gasteiger partial charge in [-0.05, 0) is 37.7 Å². The first-order valence-corrected chi connectivity index (χ1v) is 7.19. The number of benzene rings is 1. The highest BCUT2D eigenvalue weighted by Crippen LogP contribution is 2.22. The molecule has 0 spiro atoms. The zero-order valence-corrected chi connectivity index (χ0v) is 12.2. The summed E-state index contributed by atoms with van der Waals surface area (Å²) in [4.78, 5) is 4.84. The molecule has 0 aliphatic carbocycles. The molecule has 0 radical (unpaired) electrons. The van der Waals surface area contributed by atoms with E-state index in [4.69, 9.17) is 4.42 Å². The van der Waals surface area contributed by atoms with Crippen molar-refractivity contribution in [2.45, 2.75) is 25.6 Å². The molecule has 3 heteroatoms. The first kappa shape index (κ1) is 13.4. The van der Waals surface area contributed by atoms with Crippen LogP contribution in [0, 0.1) is 0 Å². The van der Waals surface area contributed by atoms with Crippen molar-refractivity contribution < 1.29 is 4.42 Å². The van der Waals surface area contributed by atoms with Gasteiger partial charge < -0.3 is 9.32 Å². The minimum atomic E-state index is 0.585. The third-order valence-corrected chi connectivity index (χ3v) is 4.17. The molecule has 0 saturated carbocycles. The maximum Gasteiger partial charge on any atom is 0.0947 e. The van der Waals surface area contributed by atoms with Crippen molar-refractivity contribution in [2.24, 2.45) is 0 Å². The third-order valence-electron chi connectivity index (χ3n) is 4.17. The number of nitrogens with zero attached hydrogens (tertiary/aromatic N) is 2. The highest BCUT2D eigenvalue weighted by atomic mass is 16.3. The molecule has 3 nitrogen and oxygen atoms in total. The smallest absolute Gasteiger partial charge is 0.0947 e. The van der Waals surface area contributed by atoms with Crippen LogP contribution in [0.3, 0.4) is 0 Å². The fourth-order valence-electron chi connectivity index (χ4n) is 3.04. The summed E-state index contributed by atoms with van der Waals surface area (Å²) < 4.78 is 5.14. The first-order chi connectivity index (χ1) is 9.72. The zero-order chi connectivity index (χ0) is 13.9. The summed E-state index contributed by atoms with van der Waals surface area (Å²) in [7, 11) is 4.41. The normalized spacial score (nSPS) is 19.2. The fraction of sp³-hybridized carbons (Fsp3) is 0.412. The summed E-state index contributed by atoms with van der Waals surface area (Å²) in [6, 6.07) is 11.4. The Morgan fingerprint density at radius 2 is 2.05 bits per heavy atom. The Bertz CT molecular complexity index is 550. The lowest BCUT2D eigenvalue weighted by molar-refractivity contribution is 0.158. The number of furan rings is 1. The number of likely N-dealkylation sites (N-methyl/N-ethyl adjacent to an activating group) is 2. The molecule has 3 rings (SSSR count). The second-order valence-electron chi connectivity index (χ2n) is 5.87. The molecule has 1 unspecified atom stereocenters. The molecule has 2 aromatic rings. The SMILES string of the molecule is CN(Cc1ccoc1)CC1Cc2ccccc2CN1C. The van der Waals surface area contributed by atoms with Gasteiger partial charge in [-0.25, -0.2) is 0 Å². The van der Waals surface area contributed by atoms with Crippen LogP contribution in [-0.4, -0.2) is 36.5 Å². The van der Waals surface area contributed by atoms with E-state index in [0.29, 0.717) is 6.04 Å². The summed E-state index contributed by atoms with van der Waals surface area (Å²) in [5, 5.41) is 0. The summed E-state index contributed by atoms with van der Waals surface area (Å²) in [5.41, 5.74) is 4.22. The van der Waals surface area contributed by atoms with Crippen molar-refractivity contribution in [1.82, 2.24) is 9.80 Å². The zero-order valence-electron chi connectivity index (χ0n) is 12.2. The third kappa shape index (κ3) is 2.94. The molecular formula is C17H22N2O. The average molecular weight is 270 g/mol. The van der Waals surface area contributed by atoms with Crippen molar-refractivity contribution >= 4 is 0 Å².